The van der Waals surface area contributed by atoms with Gasteiger partial charge < -0.3 is 11.5 Å². The summed E-state index contributed by atoms with van der Waals surface area (Å²) in [6, 6.07) is 0. The fraction of sp³-hybridized carbons (Fsp3) is 0.950. The van der Waals surface area contributed by atoms with Crippen molar-refractivity contribution in [3.8, 4) is 0 Å². The summed E-state index contributed by atoms with van der Waals surface area (Å²) in [4.78, 5) is 11.9. The summed E-state index contributed by atoms with van der Waals surface area (Å²) >= 11 is 0. The zero-order chi connectivity index (χ0) is 16.8. The Kier molecular flexibility index (Phi) is 20.8. The van der Waals surface area contributed by atoms with Crippen LogP contribution in [0.2, 0.25) is 0 Å². The van der Waals surface area contributed by atoms with E-state index in [2.05, 4.69) is 0 Å². The number of Topliss-reactive ketones (excluding diaryl/α,β-unsaturated/α-hetero) is 1. The molecule has 0 amide bonds. The van der Waals surface area contributed by atoms with Gasteiger partial charge in [-0.15, -0.1) is 24.8 Å². The molecule has 152 valence electrons. The lowest BCUT2D eigenvalue weighted by Crippen LogP contribution is -2.11. The van der Waals surface area contributed by atoms with Crippen molar-refractivity contribution in [2.45, 2.75) is 96.3 Å². The minimum atomic E-state index is 0. The fourth-order valence-corrected chi connectivity index (χ4v) is 3.92. The Morgan fingerprint density at radius 3 is 1.32 bits per heavy atom. The van der Waals surface area contributed by atoms with Crippen LogP contribution in [0.15, 0.2) is 0 Å². The summed E-state index contributed by atoms with van der Waals surface area (Å²) in [5.41, 5.74) is 10.1. The zero-order valence-electron chi connectivity index (χ0n) is 16.1. The van der Waals surface area contributed by atoms with Crippen LogP contribution >= 0.6 is 24.8 Å². The molecule has 0 saturated heterocycles. The zero-order valence-corrected chi connectivity index (χ0v) is 17.7. The highest BCUT2D eigenvalue weighted by atomic mass is 35.5. The van der Waals surface area contributed by atoms with Crippen LogP contribution in [-0.2, 0) is 4.79 Å². The van der Waals surface area contributed by atoms with Gasteiger partial charge in [-0.2, -0.15) is 0 Å². The minimum absolute atomic E-state index is 0. The number of carbonyl (C=O) groups is 1. The third-order valence-corrected chi connectivity index (χ3v) is 5.52. The van der Waals surface area contributed by atoms with E-state index in [9.17, 15) is 4.79 Å². The Morgan fingerprint density at radius 1 is 0.680 bits per heavy atom. The molecular formula is C20H42Cl2N2O. The Bertz CT molecular complexity index is 265. The van der Waals surface area contributed by atoms with Gasteiger partial charge in [0, 0.05) is 12.8 Å². The lowest BCUT2D eigenvalue weighted by Gasteiger charge is -2.22. The van der Waals surface area contributed by atoms with Crippen molar-refractivity contribution in [1.29, 1.82) is 0 Å². The van der Waals surface area contributed by atoms with Gasteiger partial charge in [-0.1, -0.05) is 64.2 Å². The summed E-state index contributed by atoms with van der Waals surface area (Å²) in [6.07, 6.45) is 19.1. The van der Waals surface area contributed by atoms with Crippen LogP contribution in [0.1, 0.15) is 96.3 Å². The Hall–Kier alpha value is 0.170. The number of hydrogen-bond donors (Lipinski definition) is 2. The molecule has 2 aliphatic rings. The molecule has 25 heavy (non-hydrogen) atoms. The van der Waals surface area contributed by atoms with E-state index in [-0.39, 0.29) is 24.8 Å². The highest BCUT2D eigenvalue weighted by molar-refractivity contribution is 5.85. The van der Waals surface area contributed by atoms with Gasteiger partial charge in [-0.05, 0) is 44.2 Å². The van der Waals surface area contributed by atoms with Crippen LogP contribution in [-0.4, -0.2) is 18.9 Å². The number of nitrogens with two attached hydrogens (primary N) is 2. The first kappa shape index (κ1) is 27.4. The second-order valence-electron chi connectivity index (χ2n) is 7.56. The van der Waals surface area contributed by atoms with Crippen LogP contribution in [0.25, 0.3) is 0 Å². The first-order valence-corrected chi connectivity index (χ1v) is 10.2. The highest BCUT2D eigenvalue weighted by Gasteiger charge is 2.17. The molecule has 2 fully saturated rings. The molecule has 0 aliphatic heterocycles. The van der Waals surface area contributed by atoms with E-state index in [0.29, 0.717) is 5.78 Å². The maximum absolute atomic E-state index is 11.9. The number of carbonyl (C=O) groups excluding carboxylic acids is 1. The molecular weight excluding hydrogens is 355 g/mol. The van der Waals surface area contributed by atoms with Crippen molar-refractivity contribution in [1.82, 2.24) is 0 Å². The maximum atomic E-state index is 11.9. The maximum Gasteiger partial charge on any atom is 0.132 e. The second-order valence-corrected chi connectivity index (χ2v) is 7.56. The molecule has 0 spiro atoms. The smallest absolute Gasteiger partial charge is 0.132 e. The molecule has 5 heteroatoms. The van der Waals surface area contributed by atoms with Gasteiger partial charge in [-0.25, -0.2) is 0 Å². The normalized spacial score (nSPS) is 18.3. The third-order valence-electron chi connectivity index (χ3n) is 5.52. The van der Waals surface area contributed by atoms with Crippen LogP contribution in [0.4, 0.5) is 0 Å². The van der Waals surface area contributed by atoms with Crippen LogP contribution in [0.3, 0.4) is 0 Å². The van der Waals surface area contributed by atoms with Gasteiger partial charge in [-0.3, -0.25) is 4.79 Å². The lowest BCUT2D eigenvalue weighted by molar-refractivity contribution is -0.119. The average Bonchev–Trinajstić information content (AvgIpc) is 2.61. The lowest BCUT2D eigenvalue weighted by atomic mass is 9.83. The Morgan fingerprint density at radius 2 is 1.04 bits per heavy atom. The van der Waals surface area contributed by atoms with E-state index in [1.807, 2.05) is 0 Å². The predicted molar refractivity (Wildman–Crippen MR) is 114 cm³/mol. The molecule has 2 rings (SSSR count). The van der Waals surface area contributed by atoms with Gasteiger partial charge in [0.2, 0.25) is 0 Å². The molecule has 0 aromatic rings. The number of halogens is 2. The van der Waals surface area contributed by atoms with Crippen molar-refractivity contribution in [2.24, 2.45) is 23.3 Å². The van der Waals surface area contributed by atoms with Gasteiger partial charge in [0.1, 0.15) is 5.78 Å². The highest BCUT2D eigenvalue weighted by Crippen LogP contribution is 2.29. The van der Waals surface area contributed by atoms with Gasteiger partial charge in [0.15, 0.2) is 0 Å². The molecule has 2 aliphatic carbocycles. The van der Waals surface area contributed by atoms with Crippen molar-refractivity contribution in [3.63, 3.8) is 0 Å². The molecule has 0 radical (unpaired) electrons. The van der Waals surface area contributed by atoms with Crippen molar-refractivity contribution >= 4 is 30.6 Å². The van der Waals surface area contributed by atoms with Gasteiger partial charge >= 0.3 is 0 Å². The SMILES string of the molecule is Cl.Cl.NCCCN.O=C(CCC1CCCCC1)CCC1CCCCC1. The molecule has 0 bridgehead atoms. The van der Waals surface area contributed by atoms with Crippen molar-refractivity contribution < 1.29 is 4.79 Å². The predicted octanol–water partition coefficient (Wildman–Crippen LogP) is 5.41. The number of hydrogen-bond acceptors (Lipinski definition) is 3. The van der Waals surface area contributed by atoms with Crippen molar-refractivity contribution in [2.75, 3.05) is 13.1 Å². The van der Waals surface area contributed by atoms with E-state index in [1.54, 1.807) is 0 Å². The summed E-state index contributed by atoms with van der Waals surface area (Å²) in [5, 5.41) is 0. The molecule has 0 atom stereocenters. The molecule has 4 N–H and O–H groups in total. The molecule has 2 saturated carbocycles. The third kappa shape index (κ3) is 15.0. The summed E-state index contributed by atoms with van der Waals surface area (Å²) in [7, 11) is 0. The van der Waals surface area contributed by atoms with Crippen LogP contribution < -0.4 is 11.5 Å². The van der Waals surface area contributed by atoms with E-state index in [1.165, 1.54) is 77.0 Å². The van der Waals surface area contributed by atoms with Crippen LogP contribution in [0.5, 0.6) is 0 Å². The van der Waals surface area contributed by atoms with E-state index >= 15 is 0 Å². The summed E-state index contributed by atoms with van der Waals surface area (Å²) in [6.45, 7) is 1.44. The van der Waals surface area contributed by atoms with E-state index < -0.39 is 0 Å². The number of rotatable bonds is 8. The Balaban J connectivity index is 0. The first-order valence-electron chi connectivity index (χ1n) is 10.2. The quantitative estimate of drug-likeness (QED) is 0.575. The summed E-state index contributed by atoms with van der Waals surface area (Å²) in [5.74, 6) is 2.29. The molecule has 0 unspecified atom stereocenters. The Labute approximate surface area is 168 Å². The van der Waals surface area contributed by atoms with Gasteiger partial charge in [0.25, 0.3) is 0 Å². The standard InChI is InChI=1S/C17H30O.C3H10N2.2ClH/c18-17(13-11-15-7-3-1-4-8-15)14-12-16-9-5-2-6-10-16;4-2-1-3-5;;/h15-16H,1-14H2;1-5H2;2*1H. The molecule has 3 nitrogen and oxygen atoms in total. The monoisotopic (exact) mass is 396 g/mol. The second kappa shape index (κ2) is 18.9. The average molecular weight is 397 g/mol. The van der Waals surface area contributed by atoms with E-state index in [0.717, 1.165) is 44.2 Å². The topological polar surface area (TPSA) is 69.1 Å². The molecule has 0 aromatic heterocycles. The van der Waals surface area contributed by atoms with E-state index in [4.69, 9.17) is 11.5 Å². The number of ketones is 1. The largest absolute Gasteiger partial charge is 0.330 e. The fourth-order valence-electron chi connectivity index (χ4n) is 3.92. The van der Waals surface area contributed by atoms with Crippen LogP contribution in [0, 0.1) is 11.8 Å². The van der Waals surface area contributed by atoms with Crippen molar-refractivity contribution in [3.05, 3.63) is 0 Å². The summed E-state index contributed by atoms with van der Waals surface area (Å²) < 4.78 is 0. The first-order chi connectivity index (χ1) is 11.3. The minimum Gasteiger partial charge on any atom is -0.330 e. The van der Waals surface area contributed by atoms with Gasteiger partial charge in [0.05, 0.1) is 0 Å². The molecule has 0 aromatic carbocycles. The molecule has 0 heterocycles.